The van der Waals surface area contributed by atoms with Crippen molar-refractivity contribution in [3.05, 3.63) is 54.1 Å². The molecule has 1 heterocycles. The van der Waals surface area contributed by atoms with Gasteiger partial charge in [-0.3, -0.25) is 9.59 Å². The van der Waals surface area contributed by atoms with E-state index in [9.17, 15) is 9.59 Å². The highest BCUT2D eigenvalue weighted by molar-refractivity contribution is 8.00. The molecule has 1 aliphatic rings. The van der Waals surface area contributed by atoms with E-state index in [0.29, 0.717) is 18.3 Å². The largest absolute Gasteiger partial charge is 0.369 e. The van der Waals surface area contributed by atoms with Gasteiger partial charge in [-0.05, 0) is 37.1 Å². The minimum Gasteiger partial charge on any atom is -0.369 e. The van der Waals surface area contributed by atoms with Crippen LogP contribution in [0.15, 0.2) is 53.4 Å². The predicted molar refractivity (Wildman–Crippen MR) is 102 cm³/mol. The monoisotopic (exact) mass is 355 g/mol. The van der Waals surface area contributed by atoms with Crippen LogP contribution in [-0.4, -0.2) is 30.2 Å². The summed E-state index contributed by atoms with van der Waals surface area (Å²) in [6.45, 7) is 2.43. The maximum Gasteiger partial charge on any atom is 0.243 e. The number of hydrogen-bond donors (Lipinski definition) is 2. The maximum atomic E-state index is 12.6. The number of fused-ring (bicyclic) bond motifs is 1. The number of carbonyl (C=O) groups excluding carboxylic acids is 2. The van der Waals surface area contributed by atoms with E-state index in [1.807, 2.05) is 36.4 Å². The van der Waals surface area contributed by atoms with Crippen LogP contribution in [0.25, 0.3) is 0 Å². The van der Waals surface area contributed by atoms with Gasteiger partial charge >= 0.3 is 0 Å². The minimum absolute atomic E-state index is 0.0734. The fourth-order valence-corrected chi connectivity index (χ4v) is 3.81. The molecule has 0 unspecified atom stereocenters. The lowest BCUT2D eigenvalue weighted by Gasteiger charge is -2.24. The molecule has 0 radical (unpaired) electrons. The predicted octanol–water partition coefficient (Wildman–Crippen LogP) is 2.65. The number of hydrogen-bond acceptors (Lipinski definition) is 4. The van der Waals surface area contributed by atoms with Crippen LogP contribution in [0, 0.1) is 0 Å². The average molecular weight is 355 g/mol. The SMILES string of the molecule is C[C@H]1Cc2ccccc2N1CC(=O)Nc1ccccc1SCC(N)=O. The highest BCUT2D eigenvalue weighted by Gasteiger charge is 2.27. The Morgan fingerprint density at radius 1 is 1.20 bits per heavy atom. The summed E-state index contributed by atoms with van der Waals surface area (Å²) in [7, 11) is 0. The molecule has 2 aromatic rings. The zero-order valence-electron chi connectivity index (χ0n) is 14.1. The molecule has 0 spiro atoms. The Morgan fingerprint density at radius 2 is 1.92 bits per heavy atom. The first-order valence-electron chi connectivity index (χ1n) is 8.19. The van der Waals surface area contributed by atoms with E-state index in [-0.39, 0.29) is 17.6 Å². The number of para-hydroxylation sites is 2. The molecule has 0 fully saturated rings. The summed E-state index contributed by atoms with van der Waals surface area (Å²) in [6, 6.07) is 15.9. The number of benzene rings is 2. The Bertz CT molecular complexity index is 794. The van der Waals surface area contributed by atoms with E-state index < -0.39 is 0 Å². The minimum atomic E-state index is -0.381. The lowest BCUT2D eigenvalue weighted by molar-refractivity contribution is -0.116. The van der Waals surface area contributed by atoms with Crippen LogP contribution < -0.4 is 16.0 Å². The number of nitrogens with zero attached hydrogens (tertiary/aromatic N) is 1. The highest BCUT2D eigenvalue weighted by Crippen LogP contribution is 2.32. The van der Waals surface area contributed by atoms with Gasteiger partial charge in [0, 0.05) is 16.6 Å². The lowest BCUT2D eigenvalue weighted by atomic mass is 10.1. The van der Waals surface area contributed by atoms with Crippen molar-refractivity contribution in [3.8, 4) is 0 Å². The second-order valence-electron chi connectivity index (χ2n) is 6.11. The number of carbonyl (C=O) groups is 2. The topological polar surface area (TPSA) is 75.4 Å². The summed E-state index contributed by atoms with van der Waals surface area (Å²) in [5.41, 5.74) is 8.32. The van der Waals surface area contributed by atoms with Crippen molar-refractivity contribution in [2.24, 2.45) is 5.73 Å². The van der Waals surface area contributed by atoms with Gasteiger partial charge in [0.15, 0.2) is 0 Å². The fraction of sp³-hybridized carbons (Fsp3) is 0.263. The second kappa shape index (κ2) is 7.61. The van der Waals surface area contributed by atoms with Gasteiger partial charge in [0.25, 0.3) is 0 Å². The van der Waals surface area contributed by atoms with Crippen LogP contribution in [0.2, 0.25) is 0 Å². The van der Waals surface area contributed by atoms with E-state index in [1.54, 1.807) is 0 Å². The molecule has 2 amide bonds. The first kappa shape index (κ1) is 17.4. The third-order valence-electron chi connectivity index (χ3n) is 4.19. The molecule has 0 saturated heterocycles. The van der Waals surface area contributed by atoms with Crippen LogP contribution in [0.4, 0.5) is 11.4 Å². The van der Waals surface area contributed by atoms with Crippen molar-refractivity contribution in [2.75, 3.05) is 22.5 Å². The van der Waals surface area contributed by atoms with Gasteiger partial charge in [0.2, 0.25) is 11.8 Å². The maximum absolute atomic E-state index is 12.6. The molecule has 1 atom stereocenters. The molecule has 3 N–H and O–H groups in total. The van der Waals surface area contributed by atoms with E-state index >= 15 is 0 Å². The molecular weight excluding hydrogens is 334 g/mol. The van der Waals surface area contributed by atoms with Gasteiger partial charge < -0.3 is 16.0 Å². The Morgan fingerprint density at radius 3 is 2.72 bits per heavy atom. The van der Waals surface area contributed by atoms with Gasteiger partial charge in [-0.1, -0.05) is 30.3 Å². The van der Waals surface area contributed by atoms with Gasteiger partial charge in [0.1, 0.15) is 0 Å². The Hall–Kier alpha value is -2.47. The van der Waals surface area contributed by atoms with E-state index in [4.69, 9.17) is 5.73 Å². The number of nitrogens with two attached hydrogens (primary N) is 1. The van der Waals surface area contributed by atoms with Crippen LogP contribution in [0.5, 0.6) is 0 Å². The third-order valence-corrected chi connectivity index (χ3v) is 5.29. The number of nitrogens with one attached hydrogen (secondary N) is 1. The molecule has 0 saturated carbocycles. The number of thioether (sulfide) groups is 1. The molecule has 0 aliphatic carbocycles. The molecule has 5 nitrogen and oxygen atoms in total. The fourth-order valence-electron chi connectivity index (χ4n) is 3.06. The first-order chi connectivity index (χ1) is 12.0. The lowest BCUT2D eigenvalue weighted by Crippen LogP contribution is -2.37. The van der Waals surface area contributed by atoms with Crippen LogP contribution in [0.3, 0.4) is 0 Å². The van der Waals surface area contributed by atoms with Gasteiger partial charge in [-0.25, -0.2) is 0 Å². The van der Waals surface area contributed by atoms with Crippen LogP contribution in [0.1, 0.15) is 12.5 Å². The Kier molecular flexibility index (Phi) is 5.28. The van der Waals surface area contributed by atoms with Crippen molar-refractivity contribution in [1.29, 1.82) is 0 Å². The summed E-state index contributed by atoms with van der Waals surface area (Å²) < 4.78 is 0. The Labute approximate surface area is 151 Å². The smallest absolute Gasteiger partial charge is 0.243 e. The molecule has 0 bridgehead atoms. The quantitative estimate of drug-likeness (QED) is 0.781. The molecule has 3 rings (SSSR count). The van der Waals surface area contributed by atoms with Gasteiger partial charge in [-0.15, -0.1) is 11.8 Å². The molecule has 0 aromatic heterocycles. The van der Waals surface area contributed by atoms with Crippen LogP contribution >= 0.6 is 11.8 Å². The number of primary amides is 1. The first-order valence-corrected chi connectivity index (χ1v) is 9.17. The summed E-state index contributed by atoms with van der Waals surface area (Å²) in [5.74, 6) is -0.270. The average Bonchev–Trinajstić information content (AvgIpc) is 2.90. The standard InChI is InChI=1S/C19H21N3O2S/c1-13-10-14-6-2-4-8-16(14)22(13)11-19(24)21-15-7-3-5-9-17(15)25-12-18(20)23/h2-9,13H,10-12H2,1H3,(H2,20,23)(H,21,24)/t13-/m0/s1. The number of anilines is 2. The third kappa shape index (κ3) is 4.14. The summed E-state index contributed by atoms with van der Waals surface area (Å²) >= 11 is 1.33. The van der Waals surface area contributed by atoms with Crippen LogP contribution in [-0.2, 0) is 16.0 Å². The van der Waals surface area contributed by atoms with Crippen molar-refractivity contribution in [2.45, 2.75) is 24.3 Å². The van der Waals surface area contributed by atoms with E-state index in [1.165, 1.54) is 17.3 Å². The number of rotatable bonds is 6. The van der Waals surface area contributed by atoms with Crippen molar-refractivity contribution < 1.29 is 9.59 Å². The summed E-state index contributed by atoms with van der Waals surface area (Å²) in [4.78, 5) is 26.5. The second-order valence-corrected chi connectivity index (χ2v) is 7.13. The molecule has 25 heavy (non-hydrogen) atoms. The zero-order chi connectivity index (χ0) is 17.8. The molecule has 2 aromatic carbocycles. The van der Waals surface area contributed by atoms with E-state index in [0.717, 1.165) is 17.0 Å². The highest BCUT2D eigenvalue weighted by atomic mass is 32.2. The van der Waals surface area contributed by atoms with Crippen molar-refractivity contribution in [1.82, 2.24) is 0 Å². The summed E-state index contributed by atoms with van der Waals surface area (Å²) in [5, 5.41) is 2.96. The molecule has 6 heteroatoms. The normalized spacial score (nSPS) is 15.7. The summed E-state index contributed by atoms with van der Waals surface area (Å²) in [6.07, 6.45) is 0.953. The van der Waals surface area contributed by atoms with Gasteiger partial charge in [-0.2, -0.15) is 0 Å². The van der Waals surface area contributed by atoms with Crippen molar-refractivity contribution in [3.63, 3.8) is 0 Å². The molecular formula is C19H21N3O2S. The molecule has 130 valence electrons. The number of amides is 2. The zero-order valence-corrected chi connectivity index (χ0v) is 14.9. The van der Waals surface area contributed by atoms with Gasteiger partial charge in [0.05, 0.1) is 18.0 Å². The van der Waals surface area contributed by atoms with E-state index in [2.05, 4.69) is 29.3 Å². The Balaban J connectivity index is 1.68. The van der Waals surface area contributed by atoms with Crippen molar-refractivity contribution >= 4 is 35.0 Å². The molecule has 1 aliphatic heterocycles.